The van der Waals surface area contributed by atoms with Gasteiger partial charge in [0.1, 0.15) is 5.52 Å². The van der Waals surface area contributed by atoms with E-state index < -0.39 is 17.8 Å². The fraction of sp³-hybridized carbons (Fsp3) is 0.0714. The molecule has 1 amide bonds. The van der Waals surface area contributed by atoms with Crippen LogP contribution in [0, 0.1) is 0 Å². The summed E-state index contributed by atoms with van der Waals surface area (Å²) >= 11 is 0. The van der Waals surface area contributed by atoms with Crippen molar-refractivity contribution in [1.29, 1.82) is 0 Å². The summed E-state index contributed by atoms with van der Waals surface area (Å²) in [7, 11) is 0. The molecule has 8 heteroatoms. The second-order valence-corrected chi connectivity index (χ2v) is 4.50. The molecular weight excluding hydrogens is 297 g/mol. The van der Waals surface area contributed by atoms with Crippen LogP contribution in [0.25, 0.3) is 11.0 Å². The van der Waals surface area contributed by atoms with Gasteiger partial charge < -0.3 is 5.32 Å². The van der Waals surface area contributed by atoms with Crippen molar-refractivity contribution < 1.29 is 18.0 Å². The number of hydrogen-bond donors (Lipinski definition) is 1. The van der Waals surface area contributed by atoms with Crippen LogP contribution in [0.1, 0.15) is 5.56 Å². The molecule has 0 aliphatic carbocycles. The van der Waals surface area contributed by atoms with Crippen molar-refractivity contribution in [2.24, 2.45) is 0 Å². The van der Waals surface area contributed by atoms with Crippen LogP contribution in [-0.4, -0.2) is 21.0 Å². The fourth-order valence-electron chi connectivity index (χ4n) is 1.97. The molecule has 0 spiro atoms. The Morgan fingerprint density at radius 2 is 1.86 bits per heavy atom. The van der Waals surface area contributed by atoms with Gasteiger partial charge in [0.15, 0.2) is 0 Å². The number of carbonyl (C=O) groups excluding carboxylic acids is 1. The Labute approximate surface area is 122 Å². The van der Waals surface area contributed by atoms with Crippen LogP contribution >= 0.6 is 0 Å². The van der Waals surface area contributed by atoms with Gasteiger partial charge >= 0.3 is 12.2 Å². The van der Waals surface area contributed by atoms with Gasteiger partial charge in [0.25, 0.3) is 0 Å². The van der Waals surface area contributed by atoms with Crippen molar-refractivity contribution in [1.82, 2.24) is 15.0 Å². The van der Waals surface area contributed by atoms with Crippen molar-refractivity contribution in [3.63, 3.8) is 0 Å². The molecule has 3 aromatic rings. The van der Waals surface area contributed by atoms with E-state index in [4.69, 9.17) is 0 Å². The molecule has 1 aromatic heterocycles. The van der Waals surface area contributed by atoms with E-state index in [0.29, 0.717) is 11.0 Å². The lowest BCUT2D eigenvalue weighted by atomic mass is 10.2. The standard InChI is InChI=1S/C14H9F3N4O/c15-14(16,17)9-4-3-5-10(8-9)18-13(22)21-12-7-2-1-6-11(12)19-20-21/h1-8H,(H,18,22). The zero-order valence-electron chi connectivity index (χ0n) is 11.0. The predicted octanol–water partition coefficient (Wildman–Crippen LogP) is 3.53. The van der Waals surface area contributed by atoms with Gasteiger partial charge in [0.2, 0.25) is 0 Å². The fourth-order valence-corrected chi connectivity index (χ4v) is 1.97. The zero-order valence-corrected chi connectivity index (χ0v) is 11.0. The first-order valence-electron chi connectivity index (χ1n) is 6.24. The van der Waals surface area contributed by atoms with E-state index in [-0.39, 0.29) is 5.69 Å². The molecule has 0 fully saturated rings. The second-order valence-electron chi connectivity index (χ2n) is 4.50. The third-order valence-electron chi connectivity index (χ3n) is 2.99. The number of halogens is 3. The molecule has 1 N–H and O–H groups in total. The smallest absolute Gasteiger partial charge is 0.306 e. The summed E-state index contributed by atoms with van der Waals surface area (Å²) in [6.07, 6.45) is -4.47. The monoisotopic (exact) mass is 306 g/mol. The largest absolute Gasteiger partial charge is 0.416 e. The molecule has 0 aliphatic rings. The minimum absolute atomic E-state index is 0.0272. The highest BCUT2D eigenvalue weighted by atomic mass is 19.4. The second kappa shape index (κ2) is 5.14. The van der Waals surface area contributed by atoms with E-state index in [2.05, 4.69) is 15.6 Å². The maximum Gasteiger partial charge on any atom is 0.416 e. The summed E-state index contributed by atoms with van der Waals surface area (Å²) in [5.41, 5.74) is 0.168. The third-order valence-corrected chi connectivity index (χ3v) is 2.99. The molecule has 1 heterocycles. The summed E-state index contributed by atoms with van der Waals surface area (Å²) in [6, 6.07) is 10.5. The number of anilines is 1. The number of amides is 1. The molecule has 0 saturated heterocycles. The van der Waals surface area contributed by atoms with Crippen LogP contribution in [0.2, 0.25) is 0 Å². The lowest BCUT2D eigenvalue weighted by molar-refractivity contribution is -0.137. The highest BCUT2D eigenvalue weighted by molar-refractivity contribution is 5.96. The van der Waals surface area contributed by atoms with Gasteiger partial charge in [-0.2, -0.15) is 17.9 Å². The Hall–Kier alpha value is -2.90. The molecule has 0 aliphatic heterocycles. The number of hydrogen-bond acceptors (Lipinski definition) is 3. The van der Waals surface area contributed by atoms with E-state index in [1.807, 2.05) is 0 Å². The number of rotatable bonds is 1. The van der Waals surface area contributed by atoms with Crippen LogP contribution in [0.3, 0.4) is 0 Å². The van der Waals surface area contributed by atoms with Gasteiger partial charge in [0, 0.05) is 5.69 Å². The molecule has 0 atom stereocenters. The van der Waals surface area contributed by atoms with E-state index >= 15 is 0 Å². The van der Waals surface area contributed by atoms with Crippen molar-refractivity contribution in [2.75, 3.05) is 5.32 Å². The van der Waals surface area contributed by atoms with Crippen molar-refractivity contribution in [3.05, 3.63) is 54.1 Å². The average molecular weight is 306 g/mol. The third kappa shape index (κ3) is 2.62. The van der Waals surface area contributed by atoms with Gasteiger partial charge in [-0.3, -0.25) is 0 Å². The van der Waals surface area contributed by atoms with Crippen molar-refractivity contribution >= 4 is 22.8 Å². The molecule has 0 saturated carbocycles. The Bertz CT molecular complexity index is 841. The lowest BCUT2D eigenvalue weighted by Gasteiger charge is -2.09. The Balaban J connectivity index is 1.89. The first-order valence-corrected chi connectivity index (χ1v) is 6.24. The maximum absolute atomic E-state index is 12.6. The van der Waals surface area contributed by atoms with Crippen LogP contribution in [0.15, 0.2) is 48.5 Å². The minimum atomic E-state index is -4.47. The number of alkyl halides is 3. The van der Waals surface area contributed by atoms with Crippen molar-refractivity contribution in [2.45, 2.75) is 6.18 Å². The van der Waals surface area contributed by atoms with Gasteiger partial charge in [-0.05, 0) is 30.3 Å². The number of para-hydroxylation sites is 1. The molecule has 2 aromatic carbocycles. The summed E-state index contributed by atoms with van der Waals surface area (Å²) in [6.45, 7) is 0. The van der Waals surface area contributed by atoms with Crippen LogP contribution in [-0.2, 0) is 6.18 Å². The normalized spacial score (nSPS) is 11.6. The summed E-state index contributed by atoms with van der Waals surface area (Å²) < 4.78 is 38.9. The van der Waals surface area contributed by atoms with Gasteiger partial charge in [-0.1, -0.05) is 23.4 Å². The van der Waals surface area contributed by atoms with Crippen LogP contribution < -0.4 is 5.32 Å². The van der Waals surface area contributed by atoms with Crippen molar-refractivity contribution in [3.8, 4) is 0 Å². The molecule has 3 rings (SSSR count). The summed E-state index contributed by atoms with van der Waals surface area (Å²) in [5, 5.41) is 9.88. The van der Waals surface area contributed by atoms with Crippen LogP contribution in [0.4, 0.5) is 23.7 Å². The number of benzene rings is 2. The van der Waals surface area contributed by atoms with Gasteiger partial charge in [-0.15, -0.1) is 5.10 Å². The van der Waals surface area contributed by atoms with E-state index in [0.717, 1.165) is 16.8 Å². The first-order chi connectivity index (χ1) is 10.4. The number of carbonyl (C=O) groups is 1. The molecule has 112 valence electrons. The average Bonchev–Trinajstić information content (AvgIpc) is 2.90. The Morgan fingerprint density at radius 3 is 2.64 bits per heavy atom. The zero-order chi connectivity index (χ0) is 15.7. The molecule has 22 heavy (non-hydrogen) atoms. The highest BCUT2D eigenvalue weighted by Gasteiger charge is 2.30. The SMILES string of the molecule is O=C(Nc1cccc(C(F)(F)F)c1)n1nnc2ccccc21. The number of nitrogens with one attached hydrogen (secondary N) is 1. The topological polar surface area (TPSA) is 59.8 Å². The molecule has 0 radical (unpaired) electrons. The Morgan fingerprint density at radius 1 is 1.09 bits per heavy atom. The van der Waals surface area contributed by atoms with E-state index in [9.17, 15) is 18.0 Å². The van der Waals surface area contributed by atoms with E-state index in [1.54, 1.807) is 24.3 Å². The van der Waals surface area contributed by atoms with Gasteiger partial charge in [-0.25, -0.2) is 4.79 Å². The van der Waals surface area contributed by atoms with Gasteiger partial charge in [0.05, 0.1) is 11.1 Å². The molecule has 0 unspecified atom stereocenters. The quantitative estimate of drug-likeness (QED) is 0.748. The summed E-state index contributed by atoms with van der Waals surface area (Å²) in [5.74, 6) is 0. The predicted molar refractivity (Wildman–Crippen MR) is 73.4 cm³/mol. The lowest BCUT2D eigenvalue weighted by Crippen LogP contribution is -2.21. The minimum Gasteiger partial charge on any atom is -0.306 e. The maximum atomic E-state index is 12.6. The first kappa shape index (κ1) is 14.1. The number of nitrogens with zero attached hydrogens (tertiary/aromatic N) is 3. The molecular formula is C14H9F3N4O. The van der Waals surface area contributed by atoms with E-state index in [1.165, 1.54) is 12.1 Å². The summed E-state index contributed by atoms with van der Waals surface area (Å²) in [4.78, 5) is 12.1. The van der Waals surface area contributed by atoms with Crippen LogP contribution in [0.5, 0.6) is 0 Å². The molecule has 0 bridgehead atoms. The number of aromatic nitrogens is 3. The highest BCUT2D eigenvalue weighted by Crippen LogP contribution is 2.30. The number of fused-ring (bicyclic) bond motifs is 1. The Kier molecular flexibility index (Phi) is 3.28. The molecule has 5 nitrogen and oxygen atoms in total.